The summed E-state index contributed by atoms with van der Waals surface area (Å²) in [6.07, 6.45) is -3.66. The number of ether oxygens (including phenoxy) is 1. The third kappa shape index (κ3) is 4.03. The van der Waals surface area contributed by atoms with Crippen molar-refractivity contribution < 1.29 is 26.3 Å². The van der Waals surface area contributed by atoms with Gasteiger partial charge >= 0.3 is 6.18 Å². The molecule has 0 amide bonds. The highest BCUT2D eigenvalue weighted by molar-refractivity contribution is 7.89. The van der Waals surface area contributed by atoms with Crippen LogP contribution in [-0.4, -0.2) is 27.7 Å². The highest BCUT2D eigenvalue weighted by atomic mass is 32.2. The van der Waals surface area contributed by atoms with Gasteiger partial charge in [-0.2, -0.15) is 13.2 Å². The zero-order valence-corrected chi connectivity index (χ0v) is 14.7. The average molecular weight is 365 g/mol. The number of hydrogen-bond donors (Lipinski definition) is 1. The zero-order valence-electron chi connectivity index (χ0n) is 13.9. The van der Waals surface area contributed by atoms with Crippen molar-refractivity contribution in [1.29, 1.82) is 0 Å². The van der Waals surface area contributed by atoms with E-state index in [0.717, 1.165) is 0 Å². The molecule has 1 fully saturated rings. The van der Waals surface area contributed by atoms with Crippen molar-refractivity contribution in [3.05, 3.63) is 23.3 Å². The van der Waals surface area contributed by atoms with Crippen molar-refractivity contribution in [3.63, 3.8) is 0 Å². The fourth-order valence-corrected chi connectivity index (χ4v) is 4.74. The number of methoxy groups -OCH3 is 1. The standard InChI is InChI=1S/C16H22F3NO3S/c1-10-11(2)15(8-7-14(10)23-3)24(21,22)20-13-6-4-5-12(9-13)16(17,18)19/h7-8,12-13,20H,4-6,9H2,1-3H3. The summed E-state index contributed by atoms with van der Waals surface area (Å²) < 4.78 is 71.4. The first-order valence-electron chi connectivity index (χ1n) is 7.79. The molecule has 24 heavy (non-hydrogen) atoms. The second kappa shape index (κ2) is 6.92. The summed E-state index contributed by atoms with van der Waals surface area (Å²) in [5, 5.41) is 0. The summed E-state index contributed by atoms with van der Waals surface area (Å²) >= 11 is 0. The van der Waals surface area contributed by atoms with Crippen LogP contribution in [0.25, 0.3) is 0 Å². The minimum Gasteiger partial charge on any atom is -0.496 e. The van der Waals surface area contributed by atoms with E-state index in [9.17, 15) is 21.6 Å². The molecule has 0 aromatic heterocycles. The van der Waals surface area contributed by atoms with Gasteiger partial charge in [0.2, 0.25) is 10.0 Å². The van der Waals surface area contributed by atoms with Crippen LogP contribution in [0.5, 0.6) is 5.75 Å². The predicted octanol–water partition coefficient (Wildman–Crippen LogP) is 3.71. The van der Waals surface area contributed by atoms with E-state index >= 15 is 0 Å². The van der Waals surface area contributed by atoms with E-state index in [0.29, 0.717) is 29.7 Å². The summed E-state index contributed by atoms with van der Waals surface area (Å²) in [6.45, 7) is 3.40. The summed E-state index contributed by atoms with van der Waals surface area (Å²) in [5.74, 6) is -0.876. The highest BCUT2D eigenvalue weighted by Gasteiger charge is 2.42. The second-order valence-electron chi connectivity index (χ2n) is 6.24. The van der Waals surface area contributed by atoms with E-state index in [1.54, 1.807) is 19.9 Å². The van der Waals surface area contributed by atoms with Crippen molar-refractivity contribution in [3.8, 4) is 5.75 Å². The molecule has 136 valence electrons. The SMILES string of the molecule is COc1ccc(S(=O)(=O)NC2CCCC(C(F)(F)F)C2)c(C)c1C. The summed E-state index contributed by atoms with van der Waals surface area (Å²) in [7, 11) is -2.39. The molecular formula is C16H22F3NO3S. The Morgan fingerprint density at radius 3 is 2.42 bits per heavy atom. The molecule has 1 aliphatic rings. The molecule has 2 unspecified atom stereocenters. The highest BCUT2D eigenvalue weighted by Crippen LogP contribution is 2.38. The van der Waals surface area contributed by atoms with Crippen LogP contribution in [0.3, 0.4) is 0 Å². The molecular weight excluding hydrogens is 343 g/mol. The zero-order chi connectivity index (χ0) is 18.1. The molecule has 0 saturated heterocycles. The van der Waals surface area contributed by atoms with Gasteiger partial charge in [0.25, 0.3) is 0 Å². The predicted molar refractivity (Wildman–Crippen MR) is 84.6 cm³/mol. The van der Waals surface area contributed by atoms with Crippen LogP contribution in [0.15, 0.2) is 17.0 Å². The van der Waals surface area contributed by atoms with Gasteiger partial charge in [0.1, 0.15) is 5.75 Å². The number of hydrogen-bond acceptors (Lipinski definition) is 3. The second-order valence-corrected chi connectivity index (χ2v) is 7.92. The quantitative estimate of drug-likeness (QED) is 0.885. The van der Waals surface area contributed by atoms with E-state index in [1.165, 1.54) is 13.2 Å². The minimum absolute atomic E-state index is 0.0579. The fraction of sp³-hybridized carbons (Fsp3) is 0.625. The molecule has 0 spiro atoms. The van der Waals surface area contributed by atoms with Crippen LogP contribution in [0.2, 0.25) is 0 Å². The van der Waals surface area contributed by atoms with Gasteiger partial charge in [-0.15, -0.1) is 0 Å². The molecule has 2 rings (SSSR count). The molecule has 8 heteroatoms. The summed E-state index contributed by atoms with van der Waals surface area (Å²) in [4.78, 5) is 0.0786. The fourth-order valence-electron chi connectivity index (χ4n) is 3.16. The van der Waals surface area contributed by atoms with Crippen LogP contribution < -0.4 is 9.46 Å². The molecule has 1 aromatic rings. The van der Waals surface area contributed by atoms with Gasteiger partial charge in [-0.3, -0.25) is 0 Å². The van der Waals surface area contributed by atoms with E-state index in [2.05, 4.69) is 4.72 Å². The Balaban J connectivity index is 2.21. The molecule has 0 aliphatic heterocycles. The van der Waals surface area contributed by atoms with Crippen LogP contribution in [0, 0.1) is 19.8 Å². The number of benzene rings is 1. The molecule has 0 radical (unpaired) electrons. The van der Waals surface area contributed by atoms with Gasteiger partial charge in [0, 0.05) is 6.04 Å². The molecule has 1 aromatic carbocycles. The van der Waals surface area contributed by atoms with E-state index < -0.39 is 28.2 Å². The van der Waals surface area contributed by atoms with Gasteiger partial charge in [0.05, 0.1) is 17.9 Å². The van der Waals surface area contributed by atoms with Gasteiger partial charge in [-0.1, -0.05) is 6.42 Å². The lowest BCUT2D eigenvalue weighted by atomic mass is 9.86. The molecule has 1 aliphatic carbocycles. The van der Waals surface area contributed by atoms with Crippen molar-refractivity contribution in [1.82, 2.24) is 4.72 Å². The first-order chi connectivity index (χ1) is 11.1. The van der Waals surface area contributed by atoms with E-state index in [4.69, 9.17) is 4.74 Å². The first kappa shape index (κ1) is 19.1. The topological polar surface area (TPSA) is 55.4 Å². The van der Waals surface area contributed by atoms with Gasteiger partial charge in [0.15, 0.2) is 0 Å². The monoisotopic (exact) mass is 365 g/mol. The Morgan fingerprint density at radius 1 is 1.17 bits per heavy atom. The van der Waals surface area contributed by atoms with Gasteiger partial charge in [-0.25, -0.2) is 13.1 Å². The van der Waals surface area contributed by atoms with E-state index in [-0.39, 0.29) is 17.7 Å². The Labute approximate surface area is 140 Å². The molecule has 1 N–H and O–H groups in total. The van der Waals surface area contributed by atoms with Crippen molar-refractivity contribution in [2.45, 2.75) is 56.6 Å². The summed E-state index contributed by atoms with van der Waals surface area (Å²) in [5.41, 5.74) is 1.22. The third-order valence-corrected chi connectivity index (χ3v) is 6.32. The molecule has 4 nitrogen and oxygen atoms in total. The Hall–Kier alpha value is -1.28. The van der Waals surface area contributed by atoms with Crippen molar-refractivity contribution in [2.75, 3.05) is 7.11 Å². The average Bonchev–Trinajstić information content (AvgIpc) is 2.48. The molecule has 0 heterocycles. The number of nitrogens with one attached hydrogen (secondary N) is 1. The Morgan fingerprint density at radius 2 is 1.83 bits per heavy atom. The lowest BCUT2D eigenvalue weighted by Crippen LogP contribution is -2.41. The molecule has 0 bridgehead atoms. The normalized spacial score (nSPS) is 22.4. The first-order valence-corrected chi connectivity index (χ1v) is 9.28. The number of rotatable bonds is 4. The van der Waals surface area contributed by atoms with Crippen molar-refractivity contribution in [2.24, 2.45) is 5.92 Å². The Bertz CT molecular complexity index is 701. The van der Waals surface area contributed by atoms with E-state index in [1.807, 2.05) is 0 Å². The van der Waals surface area contributed by atoms with Crippen LogP contribution in [0.4, 0.5) is 13.2 Å². The molecule has 1 saturated carbocycles. The third-order valence-electron chi connectivity index (χ3n) is 4.66. The van der Waals surface area contributed by atoms with Crippen LogP contribution in [-0.2, 0) is 10.0 Å². The lowest BCUT2D eigenvalue weighted by Gasteiger charge is -2.31. The number of halogens is 3. The summed E-state index contributed by atoms with van der Waals surface area (Å²) in [6, 6.07) is 2.28. The van der Waals surface area contributed by atoms with Crippen LogP contribution >= 0.6 is 0 Å². The largest absolute Gasteiger partial charge is 0.496 e. The van der Waals surface area contributed by atoms with Crippen LogP contribution in [0.1, 0.15) is 36.8 Å². The number of alkyl halides is 3. The maximum absolute atomic E-state index is 12.9. The Kier molecular flexibility index (Phi) is 5.49. The minimum atomic E-state index is -4.28. The maximum atomic E-state index is 12.9. The number of sulfonamides is 1. The molecule has 2 atom stereocenters. The smallest absolute Gasteiger partial charge is 0.391 e. The van der Waals surface area contributed by atoms with Crippen molar-refractivity contribution >= 4 is 10.0 Å². The maximum Gasteiger partial charge on any atom is 0.391 e. The lowest BCUT2D eigenvalue weighted by molar-refractivity contribution is -0.183. The van der Waals surface area contributed by atoms with Gasteiger partial charge in [-0.05, 0) is 56.4 Å². The van der Waals surface area contributed by atoms with Gasteiger partial charge < -0.3 is 4.74 Å².